The predicted molar refractivity (Wildman–Crippen MR) is 110 cm³/mol. The van der Waals surface area contributed by atoms with Crippen LogP contribution in [-0.4, -0.2) is 7.11 Å². The summed E-state index contributed by atoms with van der Waals surface area (Å²) < 4.78 is 5.29. The third kappa shape index (κ3) is 3.04. The maximum atomic E-state index is 6.09. The summed E-state index contributed by atoms with van der Waals surface area (Å²) in [7, 11) is 1.69. The van der Waals surface area contributed by atoms with Crippen molar-refractivity contribution in [2.45, 2.75) is 24.9 Å². The molecule has 2 aromatic rings. The third-order valence-corrected chi connectivity index (χ3v) is 16.6. The van der Waals surface area contributed by atoms with Crippen molar-refractivity contribution in [3.8, 4) is 5.75 Å². The highest BCUT2D eigenvalue weighted by Crippen LogP contribution is 2.98. The first-order chi connectivity index (χ1) is 10.8. The molecule has 0 unspecified atom stereocenters. The molecule has 1 fully saturated rings. The second-order valence-electron chi connectivity index (χ2n) is 6.61. The number of methoxy groups -OCH3 is 1. The fraction of sp³-hybridized carbons (Fsp3) is 0.333. The molecule has 0 N–H and O–H groups in total. The molecule has 1 saturated heterocycles. The van der Waals surface area contributed by atoms with Gasteiger partial charge >= 0.3 is 0 Å². The van der Waals surface area contributed by atoms with Crippen LogP contribution >= 0.6 is 27.6 Å². The minimum absolute atomic E-state index is 0.0315. The number of rotatable bonds is 3. The second-order valence-corrected chi connectivity index (χ2v) is 18.1. The maximum absolute atomic E-state index is 6.09. The third-order valence-electron chi connectivity index (χ3n) is 4.03. The van der Waals surface area contributed by atoms with Gasteiger partial charge in [0.25, 0.3) is 0 Å². The molecule has 5 heteroatoms. The summed E-state index contributed by atoms with van der Waals surface area (Å²) in [4.78, 5) is -1.65. The van der Waals surface area contributed by atoms with Crippen molar-refractivity contribution in [3.63, 3.8) is 0 Å². The summed E-state index contributed by atoms with van der Waals surface area (Å²) in [5, 5.41) is 1.28. The minimum Gasteiger partial charge on any atom is -0.526 e. The summed E-state index contributed by atoms with van der Waals surface area (Å²) in [6.07, 6.45) is 0. The molecule has 0 radical (unpaired) electrons. The quantitative estimate of drug-likeness (QED) is 0.476. The SMILES string of the molecule is COc1ccc([P+]2([S-])SC(c3ccccc3)(C(C)(C)C)S2)cc1. The van der Waals surface area contributed by atoms with Crippen molar-refractivity contribution < 1.29 is 4.74 Å². The van der Waals surface area contributed by atoms with E-state index in [4.69, 9.17) is 17.0 Å². The van der Waals surface area contributed by atoms with Crippen LogP contribution in [0.1, 0.15) is 26.3 Å². The van der Waals surface area contributed by atoms with E-state index in [-0.39, 0.29) is 9.49 Å². The van der Waals surface area contributed by atoms with Crippen molar-refractivity contribution >= 4 is 45.2 Å². The van der Waals surface area contributed by atoms with Crippen molar-refractivity contribution in [2.75, 3.05) is 7.11 Å². The van der Waals surface area contributed by atoms with E-state index in [1.165, 1.54) is 10.9 Å². The molecule has 2 aromatic carbocycles. The first kappa shape index (κ1) is 17.5. The van der Waals surface area contributed by atoms with E-state index in [1.54, 1.807) is 7.11 Å². The Labute approximate surface area is 153 Å². The molecule has 122 valence electrons. The Morgan fingerprint density at radius 2 is 1.52 bits per heavy atom. The first-order valence-electron chi connectivity index (χ1n) is 7.52. The van der Waals surface area contributed by atoms with Gasteiger partial charge in [-0.2, -0.15) is 0 Å². The Morgan fingerprint density at radius 3 is 2.00 bits per heavy atom. The van der Waals surface area contributed by atoms with Crippen LogP contribution in [0, 0.1) is 5.41 Å². The summed E-state index contributed by atoms with van der Waals surface area (Å²) >= 11 is 10.1. The Hall–Kier alpha value is -0.280. The highest BCUT2D eigenvalue weighted by molar-refractivity contribution is 9.21. The van der Waals surface area contributed by atoms with E-state index in [2.05, 4.69) is 63.2 Å². The van der Waals surface area contributed by atoms with E-state index in [0.717, 1.165) is 5.75 Å². The number of hydrogen-bond acceptors (Lipinski definition) is 4. The van der Waals surface area contributed by atoms with Crippen molar-refractivity contribution in [1.82, 2.24) is 0 Å². The van der Waals surface area contributed by atoms with Gasteiger partial charge in [0.1, 0.15) is 5.75 Å². The van der Waals surface area contributed by atoms with Crippen LogP contribution in [0.3, 0.4) is 0 Å². The summed E-state index contributed by atoms with van der Waals surface area (Å²) in [5.41, 5.74) is 1.51. The van der Waals surface area contributed by atoms with Gasteiger partial charge < -0.3 is 17.0 Å². The monoisotopic (exact) mass is 380 g/mol. The van der Waals surface area contributed by atoms with Gasteiger partial charge in [-0.05, 0) is 35.2 Å². The van der Waals surface area contributed by atoms with E-state index in [1.807, 2.05) is 34.9 Å². The predicted octanol–water partition coefficient (Wildman–Crippen LogP) is 6.01. The summed E-state index contributed by atoms with van der Waals surface area (Å²) in [6, 6.07) is 19.1. The normalized spacial score (nSPS) is 27.3. The van der Waals surface area contributed by atoms with Crippen LogP contribution in [0.2, 0.25) is 0 Å². The van der Waals surface area contributed by atoms with Gasteiger partial charge in [-0.3, -0.25) is 0 Å². The van der Waals surface area contributed by atoms with Gasteiger partial charge in [0.2, 0.25) is 0 Å². The standard InChI is InChI=1S/C18H21OPS3/c1-17(2,3)18(14-8-6-5-7-9-14)22-20(21,23-18)16-12-10-15(19-4)11-13-16/h5-13H,1-4H3. The zero-order valence-corrected chi connectivity index (χ0v) is 17.1. The van der Waals surface area contributed by atoms with Gasteiger partial charge in [0, 0.05) is 22.8 Å². The molecule has 3 rings (SSSR count). The molecule has 0 aliphatic carbocycles. The van der Waals surface area contributed by atoms with E-state index in [9.17, 15) is 0 Å². The Balaban J connectivity index is 1.93. The molecular formula is C18H21OPS3. The maximum Gasteiger partial charge on any atom is 0.164 e. The zero-order valence-electron chi connectivity index (χ0n) is 13.8. The molecule has 0 amide bonds. The molecule has 0 bridgehead atoms. The molecular weight excluding hydrogens is 359 g/mol. The Kier molecular flexibility index (Phi) is 4.74. The minimum atomic E-state index is -1.65. The van der Waals surface area contributed by atoms with Gasteiger partial charge in [-0.25, -0.2) is 0 Å². The van der Waals surface area contributed by atoms with Gasteiger partial charge in [-0.1, -0.05) is 51.1 Å². The van der Waals surface area contributed by atoms with Gasteiger partial charge in [0.05, 0.1) is 17.3 Å². The highest BCUT2D eigenvalue weighted by atomic mass is 33.4. The summed E-state index contributed by atoms with van der Waals surface area (Å²) in [5.74, 6) is 0.885. The molecule has 1 aliphatic heterocycles. The van der Waals surface area contributed by atoms with Crippen LogP contribution in [0.25, 0.3) is 0 Å². The lowest BCUT2D eigenvalue weighted by Crippen LogP contribution is -2.40. The molecule has 0 atom stereocenters. The first-order valence-corrected chi connectivity index (χ1v) is 13.2. The fourth-order valence-electron chi connectivity index (χ4n) is 2.69. The fourth-order valence-corrected chi connectivity index (χ4v) is 17.4. The Morgan fingerprint density at radius 1 is 0.957 bits per heavy atom. The molecule has 0 saturated carbocycles. The second kappa shape index (κ2) is 6.22. The average molecular weight is 381 g/mol. The number of benzene rings is 2. The number of ether oxygens (including phenoxy) is 1. The zero-order chi connectivity index (χ0) is 16.7. The topological polar surface area (TPSA) is 9.23 Å². The smallest absolute Gasteiger partial charge is 0.164 e. The molecule has 0 spiro atoms. The lowest BCUT2D eigenvalue weighted by Gasteiger charge is -2.56. The van der Waals surface area contributed by atoms with Crippen LogP contribution in [0.5, 0.6) is 5.75 Å². The molecule has 1 heterocycles. The van der Waals surface area contributed by atoms with Crippen molar-refractivity contribution in [1.29, 1.82) is 0 Å². The number of hydrogen-bond donors (Lipinski definition) is 0. The van der Waals surface area contributed by atoms with Crippen LogP contribution < -0.4 is 10.0 Å². The molecule has 1 aliphatic rings. The van der Waals surface area contributed by atoms with E-state index < -0.39 is 4.87 Å². The highest BCUT2D eigenvalue weighted by Gasteiger charge is 2.65. The lowest BCUT2D eigenvalue weighted by atomic mass is 9.86. The van der Waals surface area contributed by atoms with E-state index in [0.29, 0.717) is 0 Å². The Bertz CT molecular complexity index is 674. The van der Waals surface area contributed by atoms with E-state index >= 15 is 0 Å². The summed E-state index contributed by atoms with van der Waals surface area (Å²) in [6.45, 7) is 6.94. The van der Waals surface area contributed by atoms with Crippen molar-refractivity contribution in [3.05, 3.63) is 60.2 Å². The largest absolute Gasteiger partial charge is 0.526 e. The van der Waals surface area contributed by atoms with Gasteiger partial charge in [-0.15, -0.1) is 0 Å². The average Bonchev–Trinajstić information content (AvgIpc) is 2.51. The molecule has 23 heavy (non-hydrogen) atoms. The van der Waals surface area contributed by atoms with Crippen LogP contribution in [-0.2, 0) is 16.3 Å². The lowest BCUT2D eigenvalue weighted by molar-refractivity contribution is 0.374. The molecule has 1 nitrogen and oxygen atoms in total. The van der Waals surface area contributed by atoms with Crippen molar-refractivity contribution in [2.24, 2.45) is 5.41 Å². The van der Waals surface area contributed by atoms with Crippen LogP contribution in [0.15, 0.2) is 54.6 Å². The van der Waals surface area contributed by atoms with Crippen LogP contribution in [0.4, 0.5) is 0 Å². The molecule has 0 aromatic heterocycles. The van der Waals surface area contributed by atoms with Gasteiger partial charge in [0.15, 0.2) is 4.08 Å².